The predicted molar refractivity (Wildman–Crippen MR) is 90.5 cm³/mol. The monoisotopic (exact) mass is 336 g/mol. The number of thioether (sulfide) groups is 1. The zero-order chi connectivity index (χ0) is 14.5. The Hall–Kier alpha value is 0.01000. The van der Waals surface area contributed by atoms with Crippen molar-refractivity contribution in [1.29, 1.82) is 0 Å². The molecule has 1 unspecified atom stereocenters. The molecular weight excluding hydrogens is 319 g/mol. The summed E-state index contributed by atoms with van der Waals surface area (Å²) in [6, 6.07) is 0. The van der Waals surface area contributed by atoms with Crippen LogP contribution >= 0.6 is 28.8 Å². The van der Waals surface area contributed by atoms with E-state index in [2.05, 4.69) is 16.1 Å². The molecule has 0 saturated heterocycles. The molecule has 0 radical (unpaired) electrons. The zero-order valence-electron chi connectivity index (χ0n) is 11.4. The molecule has 0 fully saturated rings. The van der Waals surface area contributed by atoms with Crippen LogP contribution in [0.2, 0.25) is 0 Å². The smallest absolute Gasteiger partial charge is 0.322 e. The van der Waals surface area contributed by atoms with Gasteiger partial charge < -0.3 is 9.15 Å². The van der Waals surface area contributed by atoms with Gasteiger partial charge in [-0.2, -0.15) is 0 Å². The summed E-state index contributed by atoms with van der Waals surface area (Å²) < 4.78 is 11.0. The van der Waals surface area contributed by atoms with Gasteiger partial charge in [-0.05, 0) is 50.9 Å². The molecule has 8 heteroatoms. The minimum atomic E-state index is -2.50. The standard InChI is InChI=1S/C11H17N2O2PS3/c1-6-8-18-16(17,14-7-2)15-13-10-9(3)12-11(4,5)19-10/h1H,7-8H2,2-5H3. The second-order valence-electron chi connectivity index (χ2n) is 4.07. The quantitative estimate of drug-likeness (QED) is 0.418. The largest absolute Gasteiger partial charge is 0.328 e. The first kappa shape index (κ1) is 17.1. The van der Waals surface area contributed by atoms with Gasteiger partial charge in [0, 0.05) is 0 Å². The maximum absolute atomic E-state index is 5.49. The van der Waals surface area contributed by atoms with Gasteiger partial charge in [0.2, 0.25) is 0 Å². The molecule has 1 heterocycles. The molecule has 106 valence electrons. The molecule has 1 rings (SSSR count). The van der Waals surface area contributed by atoms with Gasteiger partial charge in [-0.25, -0.2) is 0 Å². The predicted octanol–water partition coefficient (Wildman–Crippen LogP) is 3.89. The van der Waals surface area contributed by atoms with E-state index >= 15 is 0 Å². The maximum atomic E-state index is 5.49. The van der Waals surface area contributed by atoms with Crippen molar-refractivity contribution in [2.75, 3.05) is 12.4 Å². The van der Waals surface area contributed by atoms with Gasteiger partial charge in [-0.1, -0.05) is 22.8 Å². The Kier molecular flexibility index (Phi) is 6.41. The summed E-state index contributed by atoms with van der Waals surface area (Å²) >= 11 is 8.24. The number of hydrogen-bond donors (Lipinski definition) is 0. The van der Waals surface area contributed by atoms with Crippen LogP contribution in [0.4, 0.5) is 0 Å². The summed E-state index contributed by atoms with van der Waals surface area (Å²) in [5.41, 5.74) is -1.65. The maximum Gasteiger partial charge on any atom is 0.322 e. The number of rotatable bonds is 6. The van der Waals surface area contributed by atoms with E-state index in [0.717, 1.165) is 10.8 Å². The summed E-state index contributed by atoms with van der Waals surface area (Å²) in [5, 5.41) is 4.87. The SMILES string of the molecule is C#CCSP(=S)(OCC)ON=C1SC(C)(C)N=C1C. The topological polar surface area (TPSA) is 43.2 Å². The Labute approximate surface area is 128 Å². The van der Waals surface area contributed by atoms with Crippen molar-refractivity contribution in [2.45, 2.75) is 32.6 Å². The van der Waals surface area contributed by atoms with Crippen LogP contribution in [0, 0.1) is 12.3 Å². The number of oxime groups is 1. The molecule has 0 N–H and O–H groups in total. The van der Waals surface area contributed by atoms with Gasteiger partial charge in [-0.3, -0.25) is 4.99 Å². The molecule has 4 nitrogen and oxygen atoms in total. The molecule has 1 aliphatic rings. The highest BCUT2D eigenvalue weighted by molar-refractivity contribution is 8.68. The van der Waals surface area contributed by atoms with Crippen LogP contribution in [-0.2, 0) is 21.0 Å². The Morgan fingerprint density at radius 1 is 1.63 bits per heavy atom. The van der Waals surface area contributed by atoms with Crippen molar-refractivity contribution in [3.05, 3.63) is 0 Å². The van der Waals surface area contributed by atoms with Gasteiger partial charge in [0.15, 0.2) is 5.04 Å². The fourth-order valence-electron chi connectivity index (χ4n) is 1.32. The molecule has 0 aliphatic carbocycles. The van der Waals surface area contributed by atoms with Crippen molar-refractivity contribution in [3.8, 4) is 12.3 Å². The fraction of sp³-hybridized carbons (Fsp3) is 0.636. The summed E-state index contributed by atoms with van der Waals surface area (Å²) in [7, 11) is 0. The molecule has 0 spiro atoms. The second kappa shape index (κ2) is 7.14. The third-order valence-corrected chi connectivity index (χ3v) is 7.85. The lowest BCUT2D eigenvalue weighted by Gasteiger charge is -2.17. The lowest BCUT2D eigenvalue weighted by atomic mass is 10.4. The molecule has 0 aromatic heterocycles. The van der Waals surface area contributed by atoms with Crippen LogP contribution in [0.5, 0.6) is 0 Å². The van der Waals surface area contributed by atoms with E-state index in [9.17, 15) is 0 Å². The molecule has 1 atom stereocenters. The van der Waals surface area contributed by atoms with Crippen LogP contribution in [0.1, 0.15) is 27.7 Å². The Morgan fingerprint density at radius 3 is 2.79 bits per heavy atom. The van der Waals surface area contributed by atoms with Crippen LogP contribution in [0.15, 0.2) is 10.1 Å². The molecule has 0 aromatic rings. The Morgan fingerprint density at radius 2 is 2.32 bits per heavy atom. The lowest BCUT2D eigenvalue weighted by Crippen LogP contribution is -2.06. The molecular formula is C11H17N2O2PS3. The fourth-order valence-corrected chi connectivity index (χ4v) is 5.56. The summed E-state index contributed by atoms with van der Waals surface area (Å²) in [6.45, 7) is 8.30. The van der Waals surface area contributed by atoms with Gasteiger partial charge >= 0.3 is 5.69 Å². The van der Waals surface area contributed by atoms with Crippen LogP contribution in [0.25, 0.3) is 0 Å². The molecule has 0 aromatic carbocycles. The molecule has 19 heavy (non-hydrogen) atoms. The van der Waals surface area contributed by atoms with E-state index in [1.54, 1.807) is 11.8 Å². The average Bonchev–Trinajstić information content (AvgIpc) is 2.58. The molecule has 0 saturated carbocycles. The molecule has 0 amide bonds. The van der Waals surface area contributed by atoms with Crippen LogP contribution in [-0.4, -0.2) is 28.0 Å². The summed E-state index contributed by atoms with van der Waals surface area (Å²) in [5.74, 6) is 2.97. The highest BCUT2D eigenvalue weighted by Crippen LogP contribution is 2.61. The zero-order valence-corrected chi connectivity index (χ0v) is 14.7. The van der Waals surface area contributed by atoms with Crippen molar-refractivity contribution < 1.29 is 9.15 Å². The van der Waals surface area contributed by atoms with Crippen LogP contribution < -0.4 is 0 Å². The first-order valence-corrected chi connectivity index (χ1v) is 10.7. The first-order chi connectivity index (χ1) is 8.82. The minimum Gasteiger partial charge on any atom is -0.328 e. The van der Waals surface area contributed by atoms with Crippen molar-refractivity contribution in [3.63, 3.8) is 0 Å². The Bertz CT molecular complexity index is 483. The van der Waals surface area contributed by atoms with Crippen molar-refractivity contribution in [1.82, 2.24) is 0 Å². The molecule has 1 aliphatic heterocycles. The number of hydrogen-bond acceptors (Lipinski definition) is 7. The summed E-state index contributed by atoms with van der Waals surface area (Å²) in [4.78, 5) is 4.28. The molecule has 0 bridgehead atoms. The van der Waals surface area contributed by atoms with Crippen LogP contribution in [0.3, 0.4) is 0 Å². The van der Waals surface area contributed by atoms with E-state index in [1.807, 2.05) is 27.7 Å². The van der Waals surface area contributed by atoms with E-state index in [1.165, 1.54) is 11.4 Å². The normalized spacial score (nSPS) is 22.7. The second-order valence-corrected chi connectivity index (χ2v) is 11.9. The Balaban J connectivity index is 2.75. The van der Waals surface area contributed by atoms with E-state index in [4.69, 9.17) is 27.4 Å². The van der Waals surface area contributed by atoms with Gasteiger partial charge in [-0.15, -0.1) is 6.42 Å². The van der Waals surface area contributed by atoms with Crippen molar-refractivity contribution in [2.24, 2.45) is 10.1 Å². The van der Waals surface area contributed by atoms with Gasteiger partial charge in [0.05, 0.1) is 18.1 Å². The lowest BCUT2D eigenvalue weighted by molar-refractivity contribution is 0.281. The number of aliphatic imine (C=N–C) groups is 1. The summed E-state index contributed by atoms with van der Waals surface area (Å²) in [6.07, 6.45) is 5.24. The number of terminal acetylenes is 1. The van der Waals surface area contributed by atoms with Gasteiger partial charge in [0.25, 0.3) is 0 Å². The third-order valence-electron chi connectivity index (χ3n) is 1.91. The highest BCUT2D eigenvalue weighted by atomic mass is 32.9. The first-order valence-electron chi connectivity index (χ1n) is 5.67. The minimum absolute atomic E-state index is 0.202. The van der Waals surface area contributed by atoms with Crippen molar-refractivity contribution >= 4 is 51.4 Å². The van der Waals surface area contributed by atoms with E-state index in [0.29, 0.717) is 12.4 Å². The van der Waals surface area contributed by atoms with E-state index in [-0.39, 0.29) is 4.87 Å². The van der Waals surface area contributed by atoms with E-state index < -0.39 is 5.69 Å². The number of nitrogens with zero attached hydrogens (tertiary/aromatic N) is 2. The average molecular weight is 336 g/mol. The highest BCUT2D eigenvalue weighted by Gasteiger charge is 2.30. The van der Waals surface area contributed by atoms with Gasteiger partial charge in [0.1, 0.15) is 4.87 Å². The third kappa shape index (κ3) is 5.49.